The van der Waals surface area contributed by atoms with Crippen molar-refractivity contribution < 1.29 is 93.1 Å². The van der Waals surface area contributed by atoms with Crippen LogP contribution in [0.1, 0.15) is 74.8 Å². The van der Waals surface area contributed by atoms with Crippen LogP contribution in [0, 0.1) is 27.7 Å². The lowest BCUT2D eigenvalue weighted by atomic mass is 9.90. The van der Waals surface area contributed by atoms with Gasteiger partial charge in [-0.2, -0.15) is 52.7 Å². The van der Waals surface area contributed by atoms with Crippen molar-refractivity contribution in [1.29, 1.82) is 0 Å². The van der Waals surface area contributed by atoms with Gasteiger partial charge in [0.1, 0.15) is 0 Å². The third kappa shape index (κ3) is 14.4. The van der Waals surface area contributed by atoms with Crippen molar-refractivity contribution in [3.63, 3.8) is 0 Å². The zero-order chi connectivity index (χ0) is 56.8. The molecule has 0 spiro atoms. The van der Waals surface area contributed by atoms with Crippen LogP contribution in [0.5, 0.6) is 0 Å². The zero-order valence-electron chi connectivity index (χ0n) is 39.1. The number of nitrogens with two attached hydrogens (primary N) is 1. The number of alkyl halides is 14. The van der Waals surface area contributed by atoms with Crippen molar-refractivity contribution in [2.45, 2.75) is 63.7 Å². The van der Waals surface area contributed by atoms with Crippen molar-refractivity contribution in [2.24, 2.45) is 0 Å². The average Bonchev–Trinajstić information content (AvgIpc) is 3.30. The van der Waals surface area contributed by atoms with Crippen LogP contribution >= 0.6 is 34.8 Å². The first-order valence-electron chi connectivity index (χ1n) is 20.9. The first kappa shape index (κ1) is 63.7. The maximum absolute atomic E-state index is 14.5. The molecule has 0 aliphatic rings. The maximum atomic E-state index is 14.5. The number of amides is 3. The van der Waals surface area contributed by atoms with Crippen LogP contribution in [0.15, 0.2) is 121 Å². The number of carbonyl (C=O) groups excluding carboxylic acids is 4. The zero-order valence-corrected chi connectivity index (χ0v) is 42.1. The summed E-state index contributed by atoms with van der Waals surface area (Å²) in [5, 5.41) is 7.65. The molecule has 0 heterocycles. The lowest BCUT2D eigenvalue weighted by Crippen LogP contribution is -3.00. The lowest BCUT2D eigenvalue weighted by Gasteiger charge is -2.31. The van der Waals surface area contributed by atoms with Gasteiger partial charge in [0.2, 0.25) is 0 Å². The molecule has 6 aromatic carbocycles. The summed E-state index contributed by atoms with van der Waals surface area (Å²) in [6.45, 7) is 4.69. The molecule has 0 saturated heterocycles. The smallest absolute Gasteiger partial charge is 0.435 e. The molecule has 5 N–H and O–H groups in total. The molecule has 0 bridgehead atoms. The Balaban J connectivity index is 0.000000328. The number of hydrogen-bond acceptors (Lipinski definition) is 5. The Hall–Kier alpha value is -6.62. The minimum Gasteiger partial charge on any atom is -1.00 e. The highest BCUT2D eigenvalue weighted by atomic mass is 35.5. The minimum absolute atomic E-state index is 0. The minimum atomic E-state index is -6.26. The van der Waals surface area contributed by atoms with Crippen LogP contribution in [0.3, 0.4) is 0 Å². The monoisotopic (exact) mass is 1160 g/mol. The predicted octanol–water partition coefficient (Wildman–Crippen LogP) is 12.9. The Kier molecular flexibility index (Phi) is 20.6. The Morgan fingerprint density at radius 2 is 0.763 bits per heavy atom. The largest absolute Gasteiger partial charge is 1.00 e. The van der Waals surface area contributed by atoms with E-state index >= 15 is 0 Å². The summed E-state index contributed by atoms with van der Waals surface area (Å²) in [6, 6.07) is 26.7. The van der Waals surface area contributed by atoms with E-state index in [0.717, 1.165) is 13.8 Å². The molecular weight excluding hydrogens is 1130 g/mol. The first-order chi connectivity index (χ1) is 34.5. The molecule has 0 radical (unpaired) electrons. The van der Waals surface area contributed by atoms with Crippen molar-refractivity contribution in [3.8, 4) is 0 Å². The van der Waals surface area contributed by atoms with Gasteiger partial charge in [0.25, 0.3) is 23.0 Å². The number of anilines is 4. The SMILES string of the molecule is Cc1cc(C(F)(C(F)(F)F)C(F)(F)F)cc(C)c1N.Cc1cc(C(F)(C(F)(F)F)C(F)(F)F)cc(C)c1NC(=O)c1cccc(NC(=O)c2ccccc2Cl)c1.O=C(Cl)c1cccc(NC(=O)c2ccccc2Cl)c1.[Cl-]. The van der Waals surface area contributed by atoms with E-state index < -0.39 is 64.2 Å². The fourth-order valence-corrected chi connectivity index (χ4v) is 7.40. The van der Waals surface area contributed by atoms with Gasteiger partial charge in [0.05, 0.1) is 21.2 Å². The van der Waals surface area contributed by atoms with Gasteiger partial charge in [-0.1, -0.05) is 83.9 Å². The highest BCUT2D eigenvalue weighted by Crippen LogP contribution is 2.55. The molecule has 8 nitrogen and oxygen atoms in total. The second-order valence-electron chi connectivity index (χ2n) is 16.1. The molecule has 0 atom stereocenters. The highest BCUT2D eigenvalue weighted by Gasteiger charge is 2.74. The summed E-state index contributed by atoms with van der Waals surface area (Å²) in [4.78, 5) is 48.3. The van der Waals surface area contributed by atoms with Gasteiger partial charge in [0, 0.05) is 45.0 Å². The topological polar surface area (TPSA) is 130 Å². The fourth-order valence-electron chi connectivity index (χ4n) is 6.84. The molecule has 26 heteroatoms. The summed E-state index contributed by atoms with van der Waals surface area (Å²) in [5.74, 6) is -1.66. The van der Waals surface area contributed by atoms with E-state index in [1.165, 1.54) is 56.3 Å². The Bertz CT molecular complexity index is 3040. The van der Waals surface area contributed by atoms with Gasteiger partial charge >= 0.3 is 36.0 Å². The molecule has 76 heavy (non-hydrogen) atoms. The quantitative estimate of drug-likeness (QED) is 0.0651. The van der Waals surface area contributed by atoms with E-state index in [1.807, 2.05) is 0 Å². The summed E-state index contributed by atoms with van der Waals surface area (Å²) in [7, 11) is 0. The van der Waals surface area contributed by atoms with Gasteiger partial charge in [-0.15, -0.1) is 0 Å². The van der Waals surface area contributed by atoms with E-state index in [9.17, 15) is 80.6 Å². The molecule has 0 aliphatic carbocycles. The number of nitrogen functional groups attached to an aromatic ring is 1. The Morgan fingerprint density at radius 3 is 1.11 bits per heavy atom. The second kappa shape index (κ2) is 24.6. The Morgan fingerprint density at radius 1 is 0.434 bits per heavy atom. The number of halogens is 18. The molecule has 3 amide bonds. The van der Waals surface area contributed by atoms with E-state index in [4.69, 9.17) is 40.5 Å². The first-order valence-corrected chi connectivity index (χ1v) is 22.1. The molecule has 0 aromatic heterocycles. The normalized spacial score (nSPS) is 11.9. The fraction of sp³-hybridized carbons (Fsp3) is 0.200. The molecule has 0 saturated carbocycles. The number of benzene rings is 6. The van der Waals surface area contributed by atoms with E-state index in [-0.39, 0.29) is 73.8 Å². The third-order valence-electron chi connectivity index (χ3n) is 10.7. The standard InChI is InChI=1S/C25H18ClF7N2O2.C14H9Cl2NO2.C11H10F7N.ClH/c1-13-10-16(23(27,24(28,29)30)25(31,32)33)11-14(2)20(13)35-21(36)15-6-5-7-17(12-15)34-22(37)18-8-3-4-9-19(18)26;15-12-7-2-1-6-11(12)14(19)17-10-5-3-4-9(8-10)13(16)18;1-5-3-7(4-6(2)8(5)19)9(12,10(13,14)15)11(16,17)18;/h3-12H,1-2H3,(H,34,37)(H,35,36);1-8H,(H,17,19);3-4H,19H2,1-2H3;1H/p-1. The maximum Gasteiger partial charge on any atom is 0.435 e. The van der Waals surface area contributed by atoms with Crippen LogP contribution < -0.4 is 34.1 Å². The molecule has 0 aliphatic heterocycles. The number of aryl methyl sites for hydroxylation is 4. The number of hydrogen-bond donors (Lipinski definition) is 4. The van der Waals surface area contributed by atoms with E-state index in [0.29, 0.717) is 46.1 Å². The number of rotatable bonds is 9. The average molecular weight is 1170 g/mol. The second-order valence-corrected chi connectivity index (χ2v) is 17.2. The molecule has 6 aromatic rings. The Labute approximate surface area is 444 Å². The summed E-state index contributed by atoms with van der Waals surface area (Å²) in [6.07, 6.45) is -24.7. The van der Waals surface area contributed by atoms with Gasteiger partial charge in [0.15, 0.2) is 0 Å². The summed E-state index contributed by atoms with van der Waals surface area (Å²) < 4.78 is 182. The number of nitrogens with one attached hydrogen (secondary N) is 3. The lowest BCUT2D eigenvalue weighted by molar-refractivity contribution is -0.349. The van der Waals surface area contributed by atoms with Crippen molar-refractivity contribution >= 4 is 80.5 Å². The molecule has 6 rings (SSSR count). The molecule has 0 fully saturated rings. The van der Waals surface area contributed by atoms with Gasteiger partial charge in [-0.25, -0.2) is 8.78 Å². The molecule has 0 unspecified atom stereocenters. The van der Waals surface area contributed by atoms with Crippen molar-refractivity contribution in [1.82, 2.24) is 0 Å². The van der Waals surface area contributed by atoms with Gasteiger partial charge < -0.3 is 34.1 Å². The van der Waals surface area contributed by atoms with Crippen LogP contribution in [-0.4, -0.2) is 47.7 Å². The van der Waals surface area contributed by atoms with Crippen LogP contribution in [0.4, 0.5) is 84.2 Å². The van der Waals surface area contributed by atoms with Crippen LogP contribution in [0.2, 0.25) is 10.0 Å². The highest BCUT2D eigenvalue weighted by molar-refractivity contribution is 6.67. The summed E-state index contributed by atoms with van der Waals surface area (Å²) in [5.41, 5.74) is -7.76. The summed E-state index contributed by atoms with van der Waals surface area (Å²) >= 11 is 17.3. The van der Waals surface area contributed by atoms with Gasteiger partial charge in [-0.3, -0.25) is 19.2 Å². The number of carbonyl (C=O) groups is 4. The van der Waals surface area contributed by atoms with Crippen molar-refractivity contribution in [2.75, 3.05) is 21.7 Å². The van der Waals surface area contributed by atoms with Crippen LogP contribution in [-0.2, 0) is 11.3 Å². The van der Waals surface area contributed by atoms with Crippen LogP contribution in [0.25, 0.3) is 0 Å². The van der Waals surface area contributed by atoms with Crippen molar-refractivity contribution in [3.05, 3.63) is 187 Å². The van der Waals surface area contributed by atoms with E-state index in [2.05, 4.69) is 16.0 Å². The third-order valence-corrected chi connectivity index (χ3v) is 11.6. The van der Waals surface area contributed by atoms with Gasteiger partial charge in [-0.05, 0) is 122 Å². The molecular formula is C50H37Cl4F14N4O4-. The van der Waals surface area contributed by atoms with E-state index in [1.54, 1.807) is 54.6 Å². The molecule has 408 valence electrons. The predicted molar refractivity (Wildman–Crippen MR) is 256 cm³/mol.